The van der Waals surface area contributed by atoms with Gasteiger partial charge in [0.05, 0.1) is 0 Å². The molecule has 0 aromatic rings. The van der Waals surface area contributed by atoms with E-state index >= 15 is 0 Å². The molecule has 0 radical (unpaired) electrons. The second-order valence-electron chi connectivity index (χ2n) is 2.41. The van der Waals surface area contributed by atoms with Crippen molar-refractivity contribution in [2.75, 3.05) is 13.1 Å². The molecule has 11 heavy (non-hydrogen) atoms. The summed E-state index contributed by atoms with van der Waals surface area (Å²) in [4.78, 5) is 0. The topological polar surface area (TPSA) is 88.0 Å². The fraction of sp³-hybridized carbons (Fsp3) is 1.00. The molecule has 1 rings (SSSR count). The van der Waals surface area contributed by atoms with Crippen LogP contribution in [0.25, 0.3) is 0 Å². The van der Waals surface area contributed by atoms with Crippen molar-refractivity contribution in [1.82, 2.24) is 16.0 Å². The first-order valence-electron chi connectivity index (χ1n) is 3.51. The Kier molecular flexibility index (Phi) is 3.18. The molecule has 6 nitrogen and oxygen atoms in total. The largest absolute Gasteiger partial charge is 0.372 e. The lowest BCUT2D eigenvalue weighted by Crippen LogP contribution is -2.59. The van der Waals surface area contributed by atoms with Crippen LogP contribution in [0.2, 0.25) is 0 Å². The first-order chi connectivity index (χ1) is 5.22. The number of aliphatic hydroxyl groups is 3. The smallest absolute Gasteiger partial charge is 0.193 e. The van der Waals surface area contributed by atoms with Crippen LogP contribution >= 0.6 is 0 Å². The average molecular weight is 163 g/mol. The second kappa shape index (κ2) is 3.96. The van der Waals surface area contributed by atoms with E-state index < -0.39 is 12.5 Å². The molecule has 0 bridgehead atoms. The Balaban J connectivity index is 2.32. The minimum absolute atomic E-state index is 0.589. The number of nitrogens with one attached hydrogen (secondary N) is 2. The van der Waals surface area contributed by atoms with Crippen molar-refractivity contribution in [2.45, 2.75) is 18.9 Å². The van der Waals surface area contributed by atoms with Crippen molar-refractivity contribution in [2.24, 2.45) is 0 Å². The van der Waals surface area contributed by atoms with E-state index in [0.717, 1.165) is 13.0 Å². The fourth-order valence-corrected chi connectivity index (χ4v) is 0.910. The first-order valence-corrected chi connectivity index (χ1v) is 3.51. The normalized spacial score (nSPS) is 24.0. The molecule has 0 amide bonds. The maximum Gasteiger partial charge on any atom is 0.193 e. The molecule has 1 aliphatic heterocycles. The molecule has 5 N–H and O–H groups in total. The second-order valence-corrected chi connectivity index (χ2v) is 2.41. The average Bonchev–Trinajstić information content (AvgIpc) is 2.05. The van der Waals surface area contributed by atoms with Crippen LogP contribution in [0.1, 0.15) is 6.42 Å². The molecule has 0 saturated carbocycles. The third-order valence-electron chi connectivity index (χ3n) is 1.51. The van der Waals surface area contributed by atoms with E-state index in [9.17, 15) is 0 Å². The number of nitrogens with zero attached hydrogens (tertiary/aromatic N) is 1. The number of hydrogen-bond acceptors (Lipinski definition) is 6. The Morgan fingerprint density at radius 3 is 2.45 bits per heavy atom. The van der Waals surface area contributed by atoms with E-state index in [1.807, 2.05) is 0 Å². The van der Waals surface area contributed by atoms with Crippen LogP contribution in [0, 0.1) is 0 Å². The fourth-order valence-electron chi connectivity index (χ4n) is 0.910. The molecule has 1 fully saturated rings. The van der Waals surface area contributed by atoms with E-state index in [4.69, 9.17) is 15.3 Å². The van der Waals surface area contributed by atoms with Crippen LogP contribution in [0.3, 0.4) is 0 Å². The lowest BCUT2D eigenvalue weighted by molar-refractivity contribution is -0.199. The Labute approximate surface area is 64.4 Å². The molecular formula is C5H13N3O3. The first kappa shape index (κ1) is 8.85. The van der Waals surface area contributed by atoms with Crippen LogP contribution in [0.5, 0.6) is 0 Å². The lowest BCUT2D eigenvalue weighted by Gasteiger charge is -2.32. The summed E-state index contributed by atoms with van der Waals surface area (Å²) in [6, 6.07) is 0. The molecule has 0 spiro atoms. The zero-order valence-corrected chi connectivity index (χ0v) is 6.06. The van der Waals surface area contributed by atoms with Crippen molar-refractivity contribution in [3.63, 3.8) is 0 Å². The molecule has 0 aromatic carbocycles. The van der Waals surface area contributed by atoms with Crippen LogP contribution < -0.4 is 11.0 Å². The van der Waals surface area contributed by atoms with Crippen molar-refractivity contribution < 1.29 is 15.3 Å². The minimum atomic E-state index is -1.73. The highest BCUT2D eigenvalue weighted by atomic mass is 16.5. The summed E-state index contributed by atoms with van der Waals surface area (Å²) in [7, 11) is 0. The van der Waals surface area contributed by atoms with E-state index in [1.54, 1.807) is 0 Å². The maximum atomic E-state index is 9.07. The molecular weight excluding hydrogens is 150 g/mol. The van der Waals surface area contributed by atoms with Gasteiger partial charge in [0.1, 0.15) is 0 Å². The summed E-state index contributed by atoms with van der Waals surface area (Å²) in [5, 5.41) is 27.5. The van der Waals surface area contributed by atoms with Crippen molar-refractivity contribution >= 4 is 0 Å². The number of aliphatic hydroxyl groups excluding tert-OH is 2. The van der Waals surface area contributed by atoms with Crippen molar-refractivity contribution in [1.29, 1.82) is 0 Å². The molecule has 6 heteroatoms. The molecule has 1 aliphatic rings. The monoisotopic (exact) mass is 163 g/mol. The number of hydrazine groups is 2. The zero-order valence-electron chi connectivity index (χ0n) is 6.06. The quantitative estimate of drug-likeness (QED) is 0.285. The Morgan fingerprint density at radius 1 is 1.27 bits per heavy atom. The van der Waals surface area contributed by atoms with E-state index in [0.29, 0.717) is 6.54 Å². The summed E-state index contributed by atoms with van der Waals surface area (Å²) in [6.07, 6.45) is -2.15. The van der Waals surface area contributed by atoms with Gasteiger partial charge in [0, 0.05) is 13.1 Å². The van der Waals surface area contributed by atoms with Gasteiger partial charge in [-0.1, -0.05) is 0 Å². The summed E-state index contributed by atoms with van der Waals surface area (Å²) >= 11 is 0. The molecule has 66 valence electrons. The minimum Gasteiger partial charge on any atom is -0.372 e. The van der Waals surface area contributed by atoms with Gasteiger partial charge < -0.3 is 15.3 Å². The van der Waals surface area contributed by atoms with Gasteiger partial charge >= 0.3 is 0 Å². The number of rotatable bonds is 2. The molecule has 1 unspecified atom stereocenters. The van der Waals surface area contributed by atoms with E-state index in [2.05, 4.69) is 11.0 Å². The van der Waals surface area contributed by atoms with Gasteiger partial charge in [-0.3, -0.25) is 0 Å². The maximum absolute atomic E-state index is 9.07. The summed E-state index contributed by atoms with van der Waals surface area (Å²) in [6.45, 7) is 1.40. The van der Waals surface area contributed by atoms with Gasteiger partial charge in [0.2, 0.25) is 0 Å². The standard InChI is InChI=1S/C5H13N3O3/c9-4(5(10)11)8-3-1-2-6-7-8/h4-7,9-11H,1-3H2. The molecule has 0 aliphatic carbocycles. The van der Waals surface area contributed by atoms with Gasteiger partial charge in [-0.05, 0) is 6.42 Å². The zero-order chi connectivity index (χ0) is 8.27. The van der Waals surface area contributed by atoms with Gasteiger partial charge in [0.15, 0.2) is 12.5 Å². The van der Waals surface area contributed by atoms with Crippen LogP contribution in [0.4, 0.5) is 0 Å². The van der Waals surface area contributed by atoms with Gasteiger partial charge in [-0.15, -0.1) is 0 Å². The van der Waals surface area contributed by atoms with Crippen molar-refractivity contribution in [3.05, 3.63) is 0 Å². The highest BCUT2D eigenvalue weighted by Crippen LogP contribution is 1.99. The Morgan fingerprint density at radius 2 is 2.00 bits per heavy atom. The molecule has 1 atom stereocenters. The molecule has 0 aromatic heterocycles. The number of hydrogen-bond donors (Lipinski definition) is 5. The highest BCUT2D eigenvalue weighted by molar-refractivity contribution is 4.62. The Hall–Kier alpha value is -0.240. The van der Waals surface area contributed by atoms with Crippen molar-refractivity contribution in [3.8, 4) is 0 Å². The highest BCUT2D eigenvalue weighted by Gasteiger charge is 2.22. The van der Waals surface area contributed by atoms with Gasteiger partial charge in [-0.2, -0.15) is 10.5 Å². The van der Waals surface area contributed by atoms with Gasteiger partial charge in [-0.25, -0.2) is 5.43 Å². The van der Waals surface area contributed by atoms with Crippen LogP contribution in [-0.2, 0) is 0 Å². The SMILES string of the molecule is OC(O)C(O)N1CCCNN1. The summed E-state index contributed by atoms with van der Waals surface area (Å²) < 4.78 is 0. The third kappa shape index (κ3) is 2.37. The Bertz CT molecular complexity index is 116. The summed E-state index contributed by atoms with van der Waals surface area (Å²) in [5.41, 5.74) is 5.38. The predicted molar refractivity (Wildman–Crippen MR) is 36.7 cm³/mol. The predicted octanol–water partition coefficient (Wildman–Crippen LogP) is -2.67. The van der Waals surface area contributed by atoms with Gasteiger partial charge in [0.25, 0.3) is 0 Å². The van der Waals surface area contributed by atoms with E-state index in [1.165, 1.54) is 5.01 Å². The summed E-state index contributed by atoms with van der Waals surface area (Å²) in [5.74, 6) is 0. The van der Waals surface area contributed by atoms with Crippen LogP contribution in [-0.4, -0.2) is 45.9 Å². The lowest BCUT2D eigenvalue weighted by atomic mass is 10.4. The molecule has 1 heterocycles. The van der Waals surface area contributed by atoms with Crippen LogP contribution in [0.15, 0.2) is 0 Å². The third-order valence-corrected chi connectivity index (χ3v) is 1.51. The molecule has 1 saturated heterocycles. The van der Waals surface area contributed by atoms with E-state index in [-0.39, 0.29) is 0 Å².